The van der Waals surface area contributed by atoms with Crippen molar-refractivity contribution in [1.29, 1.82) is 0 Å². The highest BCUT2D eigenvalue weighted by Gasteiger charge is 2.39. The van der Waals surface area contributed by atoms with Crippen molar-refractivity contribution in [3.63, 3.8) is 0 Å². The minimum Gasteiger partial charge on any atom is -0.338 e. The molecule has 0 saturated heterocycles. The molecule has 1 rings (SSSR count). The molecule has 2 N–H and O–H groups in total. The van der Waals surface area contributed by atoms with E-state index in [9.17, 15) is 18.0 Å². The second-order valence-corrected chi connectivity index (χ2v) is 5.06. The Kier molecular flexibility index (Phi) is 5.27. The molecule has 0 radical (unpaired) electrons. The van der Waals surface area contributed by atoms with Gasteiger partial charge in [0.1, 0.15) is 5.69 Å². The predicted molar refractivity (Wildman–Crippen MR) is 69.7 cm³/mol. The summed E-state index contributed by atoms with van der Waals surface area (Å²) >= 11 is 5.61. The maximum Gasteiger partial charge on any atom is 0.435 e. The molecular formula is C11H16ClF3N4O. The maximum atomic E-state index is 12.8. The molecule has 0 unspecified atom stereocenters. The van der Waals surface area contributed by atoms with E-state index in [1.54, 1.807) is 0 Å². The molecular weight excluding hydrogens is 297 g/mol. The topological polar surface area (TPSA) is 59.0 Å². The quantitative estimate of drug-likeness (QED) is 0.896. The van der Waals surface area contributed by atoms with Crippen molar-refractivity contribution >= 4 is 23.3 Å². The van der Waals surface area contributed by atoms with Gasteiger partial charge in [0.15, 0.2) is 10.8 Å². The van der Waals surface area contributed by atoms with E-state index in [0.29, 0.717) is 17.1 Å². The maximum absolute atomic E-state index is 12.8. The smallest absolute Gasteiger partial charge is 0.338 e. The Balaban J connectivity index is 2.80. The van der Waals surface area contributed by atoms with Crippen LogP contribution in [-0.4, -0.2) is 22.4 Å². The zero-order valence-electron chi connectivity index (χ0n) is 11.3. The van der Waals surface area contributed by atoms with Gasteiger partial charge < -0.3 is 10.6 Å². The van der Waals surface area contributed by atoms with Gasteiger partial charge in [0.2, 0.25) is 0 Å². The lowest BCUT2D eigenvalue weighted by Gasteiger charge is -2.12. The Bertz CT molecular complexity index is 485. The van der Waals surface area contributed by atoms with E-state index in [1.165, 1.54) is 0 Å². The molecule has 1 aromatic heterocycles. The normalized spacial score (nSPS) is 11.8. The number of nitrogens with zero attached hydrogens (tertiary/aromatic N) is 2. The summed E-state index contributed by atoms with van der Waals surface area (Å²) in [7, 11) is 1.11. The van der Waals surface area contributed by atoms with Gasteiger partial charge in [-0.1, -0.05) is 25.4 Å². The van der Waals surface area contributed by atoms with Crippen LogP contribution in [0.15, 0.2) is 0 Å². The third-order valence-corrected chi connectivity index (χ3v) is 2.78. The standard InChI is InChI=1S/C11H16ClF3N4O/c1-6(2)4-5-16-10(20)17-7-8(11(13,14)15)19(3)18-9(7)12/h6H,4-5H2,1-3H3,(H2,16,17,20). The molecule has 0 aliphatic rings. The summed E-state index contributed by atoms with van der Waals surface area (Å²) in [5, 5.41) is 7.61. The first-order valence-electron chi connectivity index (χ1n) is 5.97. The highest BCUT2D eigenvalue weighted by atomic mass is 35.5. The van der Waals surface area contributed by atoms with Gasteiger partial charge in [-0.25, -0.2) is 4.79 Å². The fraction of sp³-hybridized carbons (Fsp3) is 0.636. The van der Waals surface area contributed by atoms with E-state index in [0.717, 1.165) is 13.5 Å². The summed E-state index contributed by atoms with van der Waals surface area (Å²) in [5.74, 6) is 0.378. The average molecular weight is 313 g/mol. The summed E-state index contributed by atoms with van der Waals surface area (Å²) in [6.45, 7) is 4.31. The molecule has 0 aliphatic carbocycles. The molecule has 1 heterocycles. The van der Waals surface area contributed by atoms with Gasteiger partial charge in [0.25, 0.3) is 0 Å². The monoisotopic (exact) mass is 312 g/mol. The molecule has 0 fully saturated rings. The number of rotatable bonds is 4. The van der Waals surface area contributed by atoms with E-state index in [4.69, 9.17) is 11.6 Å². The number of hydrogen-bond donors (Lipinski definition) is 2. The van der Waals surface area contributed by atoms with Gasteiger partial charge in [-0.05, 0) is 12.3 Å². The van der Waals surface area contributed by atoms with Gasteiger partial charge in [-0.2, -0.15) is 18.3 Å². The molecule has 114 valence electrons. The van der Waals surface area contributed by atoms with Gasteiger partial charge in [-0.15, -0.1) is 0 Å². The van der Waals surface area contributed by atoms with Gasteiger partial charge in [0, 0.05) is 13.6 Å². The van der Waals surface area contributed by atoms with Crippen LogP contribution >= 0.6 is 11.6 Å². The molecule has 1 aromatic rings. The lowest BCUT2D eigenvalue weighted by molar-refractivity contribution is -0.143. The molecule has 0 aromatic carbocycles. The highest BCUT2D eigenvalue weighted by molar-refractivity contribution is 6.32. The highest BCUT2D eigenvalue weighted by Crippen LogP contribution is 2.38. The molecule has 0 saturated carbocycles. The molecule has 5 nitrogen and oxygen atoms in total. The number of aromatic nitrogens is 2. The largest absolute Gasteiger partial charge is 0.435 e. The number of urea groups is 1. The van der Waals surface area contributed by atoms with Crippen LogP contribution in [0.4, 0.5) is 23.7 Å². The van der Waals surface area contributed by atoms with Crippen LogP contribution in [0.3, 0.4) is 0 Å². The number of amides is 2. The Hall–Kier alpha value is -1.44. The van der Waals surface area contributed by atoms with Gasteiger partial charge >= 0.3 is 12.2 Å². The Labute approximate surface area is 119 Å². The van der Waals surface area contributed by atoms with Crippen molar-refractivity contribution in [3.8, 4) is 0 Å². The Morgan fingerprint density at radius 3 is 2.55 bits per heavy atom. The van der Waals surface area contributed by atoms with E-state index < -0.39 is 28.7 Å². The second kappa shape index (κ2) is 6.34. The summed E-state index contributed by atoms with van der Waals surface area (Å²) in [6, 6.07) is -0.744. The van der Waals surface area contributed by atoms with Gasteiger partial charge in [0.05, 0.1) is 0 Å². The number of hydrogen-bond acceptors (Lipinski definition) is 2. The second-order valence-electron chi connectivity index (χ2n) is 4.70. The van der Waals surface area contributed by atoms with Crippen LogP contribution < -0.4 is 10.6 Å². The summed E-state index contributed by atoms with van der Waals surface area (Å²) < 4.78 is 39.1. The molecule has 0 spiro atoms. The van der Waals surface area contributed by atoms with E-state index in [2.05, 4.69) is 15.7 Å². The SMILES string of the molecule is CC(C)CCNC(=O)Nc1c(Cl)nn(C)c1C(F)(F)F. The van der Waals surface area contributed by atoms with Crippen LogP contribution in [-0.2, 0) is 13.2 Å². The Morgan fingerprint density at radius 2 is 2.05 bits per heavy atom. The minimum atomic E-state index is -4.66. The first-order valence-corrected chi connectivity index (χ1v) is 6.35. The number of anilines is 1. The van der Waals surface area contributed by atoms with Crippen molar-refractivity contribution in [2.75, 3.05) is 11.9 Å². The number of carbonyl (C=O) groups excluding carboxylic acids is 1. The summed E-state index contributed by atoms with van der Waals surface area (Å²) in [6.07, 6.45) is -3.93. The lowest BCUT2D eigenvalue weighted by Crippen LogP contribution is -2.31. The fourth-order valence-corrected chi connectivity index (χ4v) is 1.81. The lowest BCUT2D eigenvalue weighted by atomic mass is 10.1. The number of halogens is 4. The predicted octanol–water partition coefficient (Wildman–Crippen LogP) is 3.26. The number of aryl methyl sites for hydroxylation is 1. The number of carbonyl (C=O) groups is 1. The van der Waals surface area contributed by atoms with Crippen LogP contribution in [0.5, 0.6) is 0 Å². The van der Waals surface area contributed by atoms with Crippen molar-refractivity contribution in [3.05, 3.63) is 10.8 Å². The van der Waals surface area contributed by atoms with Crippen LogP contribution in [0.2, 0.25) is 5.15 Å². The van der Waals surface area contributed by atoms with Gasteiger partial charge in [-0.3, -0.25) is 4.68 Å². The van der Waals surface area contributed by atoms with Crippen molar-refractivity contribution < 1.29 is 18.0 Å². The zero-order chi connectivity index (χ0) is 15.5. The zero-order valence-corrected chi connectivity index (χ0v) is 12.1. The molecule has 0 aliphatic heterocycles. The number of nitrogens with one attached hydrogen (secondary N) is 2. The van der Waals surface area contributed by atoms with E-state index in [-0.39, 0.29) is 0 Å². The van der Waals surface area contributed by atoms with E-state index in [1.807, 2.05) is 13.8 Å². The molecule has 20 heavy (non-hydrogen) atoms. The van der Waals surface area contributed by atoms with Crippen LogP contribution in [0.1, 0.15) is 26.0 Å². The molecule has 0 bridgehead atoms. The first kappa shape index (κ1) is 16.6. The minimum absolute atomic E-state index is 0.364. The number of alkyl halides is 3. The fourth-order valence-electron chi connectivity index (χ4n) is 1.56. The Morgan fingerprint density at radius 1 is 1.45 bits per heavy atom. The molecule has 9 heteroatoms. The van der Waals surface area contributed by atoms with Crippen LogP contribution in [0.25, 0.3) is 0 Å². The average Bonchev–Trinajstić information content (AvgIpc) is 2.52. The third kappa shape index (κ3) is 4.29. The summed E-state index contributed by atoms with van der Waals surface area (Å²) in [4.78, 5) is 11.5. The third-order valence-electron chi connectivity index (χ3n) is 2.52. The summed E-state index contributed by atoms with van der Waals surface area (Å²) in [5.41, 5.74) is -1.63. The van der Waals surface area contributed by atoms with Crippen molar-refractivity contribution in [1.82, 2.24) is 15.1 Å². The van der Waals surface area contributed by atoms with Crippen LogP contribution in [0, 0.1) is 5.92 Å². The van der Waals surface area contributed by atoms with E-state index >= 15 is 0 Å². The molecule has 0 atom stereocenters. The van der Waals surface area contributed by atoms with Crippen molar-refractivity contribution in [2.24, 2.45) is 13.0 Å². The molecule has 2 amide bonds. The first-order chi connectivity index (χ1) is 9.12. The van der Waals surface area contributed by atoms with Crippen molar-refractivity contribution in [2.45, 2.75) is 26.4 Å².